The lowest BCUT2D eigenvalue weighted by molar-refractivity contribution is -0.150. The normalized spacial score (nSPS) is 15.6. The molecule has 2 fully saturated rings. The summed E-state index contributed by atoms with van der Waals surface area (Å²) in [7, 11) is 0. The number of nitrogens with one attached hydrogen (secondary N) is 2. The molecule has 2 heterocycles. The van der Waals surface area contributed by atoms with E-state index in [0.29, 0.717) is 54.9 Å². The van der Waals surface area contributed by atoms with Crippen LogP contribution in [0.3, 0.4) is 0 Å². The van der Waals surface area contributed by atoms with Gasteiger partial charge in [-0.2, -0.15) is 11.8 Å². The van der Waals surface area contributed by atoms with Gasteiger partial charge in [0, 0.05) is 50.3 Å². The van der Waals surface area contributed by atoms with E-state index in [4.69, 9.17) is 9.47 Å². The molecule has 2 aliphatic rings. The van der Waals surface area contributed by atoms with Gasteiger partial charge in [-0.1, -0.05) is 26.0 Å². The van der Waals surface area contributed by atoms with Crippen molar-refractivity contribution < 1.29 is 33.0 Å². The van der Waals surface area contributed by atoms with Gasteiger partial charge in [0.1, 0.15) is 35.8 Å². The SMILES string of the molecule is CCN(C(=O)C(CCSC)NC=O)C(CC(C)C)C(=O)Oc1ccc(COC(=O)c2cn(C3CC3)c3cc(N4CCNCC4)c(F)cc3c2=O)cc1. The summed E-state index contributed by atoms with van der Waals surface area (Å²) in [5, 5.41) is 5.99. The Morgan fingerprint density at radius 3 is 2.46 bits per heavy atom. The van der Waals surface area contributed by atoms with Crippen LogP contribution in [-0.4, -0.2) is 90.5 Å². The fraction of sp³-hybridized carbons (Fsp3) is 0.500. The van der Waals surface area contributed by atoms with Gasteiger partial charge in [-0.3, -0.25) is 14.4 Å². The standard InChI is InChI=1S/C38H48FN5O7S/c1-5-43(36(47)31(41-23-45)12-17-52-4)34(18-24(2)3)38(49)51-27-10-6-25(7-11-27)22-50-37(48)29-21-44(26-8-9-26)32-20-33(42-15-13-40-14-16-42)30(39)19-28(32)35(29)46/h6-7,10-11,19-21,23-24,26,31,34,40H,5,8-9,12-18,22H2,1-4H3,(H,41,45). The summed E-state index contributed by atoms with van der Waals surface area (Å²) >= 11 is 1.56. The van der Waals surface area contributed by atoms with Crippen molar-refractivity contribution in [2.45, 2.75) is 71.2 Å². The molecule has 5 rings (SSSR count). The van der Waals surface area contributed by atoms with Crippen molar-refractivity contribution in [2.24, 2.45) is 5.92 Å². The van der Waals surface area contributed by atoms with Gasteiger partial charge in [-0.15, -0.1) is 0 Å². The van der Waals surface area contributed by atoms with Gasteiger partial charge in [0.15, 0.2) is 0 Å². The fourth-order valence-corrected chi connectivity index (χ4v) is 6.97. The van der Waals surface area contributed by atoms with Gasteiger partial charge in [0.25, 0.3) is 0 Å². The lowest BCUT2D eigenvalue weighted by atomic mass is 10.0. The van der Waals surface area contributed by atoms with Crippen LogP contribution in [-0.2, 0) is 25.7 Å². The molecule has 52 heavy (non-hydrogen) atoms. The van der Waals surface area contributed by atoms with Crippen LogP contribution in [0.15, 0.2) is 47.4 Å². The number of carbonyl (C=O) groups is 4. The van der Waals surface area contributed by atoms with E-state index in [1.54, 1.807) is 49.0 Å². The highest BCUT2D eigenvalue weighted by molar-refractivity contribution is 7.98. The average Bonchev–Trinajstić information content (AvgIpc) is 3.99. The number of thioether (sulfide) groups is 1. The molecular weight excluding hydrogens is 690 g/mol. The zero-order chi connectivity index (χ0) is 37.4. The molecule has 1 saturated heterocycles. The molecule has 0 radical (unpaired) electrons. The Morgan fingerprint density at radius 2 is 1.85 bits per heavy atom. The van der Waals surface area contributed by atoms with Crippen molar-refractivity contribution in [1.82, 2.24) is 20.1 Å². The van der Waals surface area contributed by atoms with E-state index in [0.717, 1.165) is 25.9 Å². The van der Waals surface area contributed by atoms with Gasteiger partial charge < -0.3 is 34.5 Å². The predicted molar refractivity (Wildman–Crippen MR) is 199 cm³/mol. The minimum atomic E-state index is -0.868. The molecule has 2 unspecified atom stereocenters. The van der Waals surface area contributed by atoms with Crippen LogP contribution in [0, 0.1) is 11.7 Å². The fourth-order valence-electron chi connectivity index (χ4n) is 6.49. The molecule has 1 aliphatic heterocycles. The number of hydrogen-bond acceptors (Lipinski definition) is 10. The monoisotopic (exact) mass is 737 g/mol. The van der Waals surface area contributed by atoms with E-state index in [2.05, 4.69) is 10.6 Å². The third-order valence-electron chi connectivity index (χ3n) is 9.38. The number of rotatable bonds is 17. The summed E-state index contributed by atoms with van der Waals surface area (Å²) < 4.78 is 28.5. The molecule has 3 aromatic rings. The highest BCUT2D eigenvalue weighted by Crippen LogP contribution is 2.38. The van der Waals surface area contributed by atoms with Crippen LogP contribution in [0.5, 0.6) is 5.75 Å². The van der Waals surface area contributed by atoms with E-state index in [-0.39, 0.29) is 47.7 Å². The maximum Gasteiger partial charge on any atom is 0.343 e. The predicted octanol–water partition coefficient (Wildman–Crippen LogP) is 4.28. The van der Waals surface area contributed by atoms with Gasteiger partial charge >= 0.3 is 11.9 Å². The van der Waals surface area contributed by atoms with E-state index in [1.165, 1.54) is 17.2 Å². The number of ether oxygens (including phenoxy) is 2. The molecule has 0 spiro atoms. The molecule has 2 amide bonds. The maximum absolute atomic E-state index is 15.4. The van der Waals surface area contributed by atoms with Crippen LogP contribution >= 0.6 is 11.8 Å². The van der Waals surface area contributed by atoms with Crippen LogP contribution in [0.4, 0.5) is 10.1 Å². The number of aromatic nitrogens is 1. The number of nitrogens with zero attached hydrogens (tertiary/aromatic N) is 3. The Morgan fingerprint density at radius 1 is 1.13 bits per heavy atom. The number of amides is 2. The highest BCUT2D eigenvalue weighted by atomic mass is 32.2. The Bertz CT molecular complexity index is 1810. The Labute approximate surface area is 307 Å². The van der Waals surface area contributed by atoms with Gasteiger partial charge in [0.05, 0.1) is 11.2 Å². The van der Waals surface area contributed by atoms with Crippen LogP contribution < -0.4 is 25.7 Å². The molecule has 1 aliphatic carbocycles. The van der Waals surface area contributed by atoms with Gasteiger partial charge in [-0.25, -0.2) is 14.0 Å². The minimum absolute atomic E-state index is 0.0740. The van der Waals surface area contributed by atoms with E-state index in [9.17, 15) is 24.0 Å². The molecular formula is C38H48FN5O7S. The number of esters is 2. The third-order valence-corrected chi connectivity index (χ3v) is 10.0. The molecule has 1 saturated carbocycles. The average molecular weight is 738 g/mol. The summed E-state index contributed by atoms with van der Waals surface area (Å²) in [4.78, 5) is 68.4. The molecule has 2 atom stereocenters. The van der Waals surface area contributed by atoms with Crippen molar-refractivity contribution >= 4 is 52.6 Å². The Balaban J connectivity index is 1.27. The number of hydrogen-bond donors (Lipinski definition) is 2. The first-order valence-electron chi connectivity index (χ1n) is 17.9. The number of likely N-dealkylation sites (N-methyl/N-ethyl adjacent to an activating group) is 1. The first-order chi connectivity index (χ1) is 25.1. The zero-order valence-electron chi connectivity index (χ0n) is 30.2. The molecule has 2 N–H and O–H groups in total. The number of carbonyl (C=O) groups excluding carboxylic acids is 4. The summed E-state index contributed by atoms with van der Waals surface area (Å²) in [6.45, 7) is 8.57. The van der Waals surface area contributed by atoms with Crippen LogP contribution in [0.25, 0.3) is 10.9 Å². The summed E-state index contributed by atoms with van der Waals surface area (Å²) in [5.41, 5.74) is 0.881. The van der Waals surface area contributed by atoms with Crippen molar-refractivity contribution in [3.63, 3.8) is 0 Å². The number of piperazine rings is 1. The lowest BCUT2D eigenvalue weighted by Crippen LogP contribution is -2.54. The largest absolute Gasteiger partial charge is 0.457 e. The topological polar surface area (TPSA) is 139 Å². The quantitative estimate of drug-likeness (QED) is 0.117. The first-order valence-corrected chi connectivity index (χ1v) is 19.3. The van der Waals surface area contributed by atoms with Crippen molar-refractivity contribution in [3.8, 4) is 5.75 Å². The van der Waals surface area contributed by atoms with Crippen LogP contribution in [0.2, 0.25) is 0 Å². The molecule has 280 valence electrons. The van der Waals surface area contributed by atoms with Gasteiger partial charge in [-0.05, 0) is 80.4 Å². The van der Waals surface area contributed by atoms with E-state index < -0.39 is 35.3 Å². The second-order valence-electron chi connectivity index (χ2n) is 13.6. The first kappa shape index (κ1) is 38.8. The molecule has 12 nitrogen and oxygen atoms in total. The van der Waals surface area contributed by atoms with Gasteiger partial charge in [0.2, 0.25) is 17.7 Å². The van der Waals surface area contributed by atoms with Crippen molar-refractivity contribution in [1.29, 1.82) is 0 Å². The maximum atomic E-state index is 15.4. The number of fused-ring (bicyclic) bond motifs is 1. The Kier molecular flexibility index (Phi) is 13.3. The second-order valence-corrected chi connectivity index (χ2v) is 14.6. The lowest BCUT2D eigenvalue weighted by Gasteiger charge is -2.33. The second kappa shape index (κ2) is 17.9. The van der Waals surface area contributed by atoms with Crippen LogP contribution in [0.1, 0.15) is 68.4 Å². The molecule has 14 heteroatoms. The molecule has 2 aromatic carbocycles. The summed E-state index contributed by atoms with van der Waals surface area (Å²) in [5.74, 6) is -1.29. The summed E-state index contributed by atoms with van der Waals surface area (Å²) in [6.07, 6.45) is 6.53. The third kappa shape index (κ3) is 9.32. The van der Waals surface area contributed by atoms with Crippen molar-refractivity contribution in [3.05, 3.63) is 69.8 Å². The number of anilines is 1. The Hall–Kier alpha value is -4.43. The smallest absolute Gasteiger partial charge is 0.343 e. The van der Waals surface area contributed by atoms with E-state index >= 15 is 4.39 Å². The molecule has 0 bridgehead atoms. The number of pyridine rings is 1. The highest BCUT2D eigenvalue weighted by Gasteiger charge is 2.35. The number of halogens is 1. The van der Waals surface area contributed by atoms with E-state index in [1.807, 2.05) is 29.6 Å². The minimum Gasteiger partial charge on any atom is -0.457 e. The number of benzene rings is 2. The zero-order valence-corrected chi connectivity index (χ0v) is 31.0. The summed E-state index contributed by atoms with van der Waals surface area (Å²) in [6, 6.07) is 7.85. The van der Waals surface area contributed by atoms with Crippen molar-refractivity contribution in [2.75, 3.05) is 49.6 Å². The molecule has 1 aromatic heterocycles.